The fourth-order valence-corrected chi connectivity index (χ4v) is 6.27. The first-order chi connectivity index (χ1) is 21.1. The average molecular weight is 630 g/mol. The lowest BCUT2D eigenvalue weighted by Crippen LogP contribution is -2.35. The molecule has 0 saturated heterocycles. The van der Waals surface area contributed by atoms with Crippen molar-refractivity contribution in [2.75, 3.05) is 37.9 Å². The Morgan fingerprint density at radius 1 is 0.773 bits per heavy atom. The predicted molar refractivity (Wildman–Crippen MR) is 177 cm³/mol. The first-order valence-electron chi connectivity index (χ1n) is 15.7. The van der Waals surface area contributed by atoms with Gasteiger partial charge in [-0.2, -0.15) is 0 Å². The lowest BCUT2D eigenvalue weighted by molar-refractivity contribution is 0.356. The molecule has 3 aromatic rings. The van der Waals surface area contributed by atoms with Crippen LogP contribution in [0.3, 0.4) is 0 Å². The molecule has 11 heteroatoms. The van der Waals surface area contributed by atoms with E-state index in [0.717, 1.165) is 19.3 Å². The number of hydrogen-bond donors (Lipinski definition) is 0. The smallest absolute Gasteiger partial charge is 0.246 e. The zero-order chi connectivity index (χ0) is 32.2. The number of benzene rings is 1. The van der Waals surface area contributed by atoms with Gasteiger partial charge in [0.25, 0.3) is 0 Å². The summed E-state index contributed by atoms with van der Waals surface area (Å²) in [5.41, 5.74) is 1.36. The minimum atomic E-state index is -3.70. The highest BCUT2D eigenvalue weighted by Gasteiger charge is 2.31. The van der Waals surface area contributed by atoms with Gasteiger partial charge in [0.1, 0.15) is 22.9 Å². The number of nitrogens with zero attached hydrogens (tertiary/aromatic N) is 5. The standard InChI is InChI=1S/C33H51N5O5S/c1-8-44(39,40)37(25-17-15-13-11-9-10-12-14-16-24-33(2,3)4)32-36-35-31(26-20-18-23-29(34-26)43-7)38(32)30-27(41-5)21-19-22-28(30)42-6/h18-23H,8-17,24-25H2,1-7H3. The van der Waals surface area contributed by atoms with E-state index < -0.39 is 10.0 Å². The van der Waals surface area contributed by atoms with Gasteiger partial charge < -0.3 is 14.2 Å². The van der Waals surface area contributed by atoms with E-state index in [1.807, 2.05) is 0 Å². The maximum atomic E-state index is 13.5. The molecule has 0 saturated carbocycles. The number of hydrogen-bond acceptors (Lipinski definition) is 8. The minimum absolute atomic E-state index is 0.0785. The molecule has 0 N–H and O–H groups in total. The van der Waals surface area contributed by atoms with Crippen molar-refractivity contribution in [1.82, 2.24) is 19.7 Å². The summed E-state index contributed by atoms with van der Waals surface area (Å²) in [6, 6.07) is 10.7. The first kappa shape index (κ1) is 35.1. The molecule has 0 aliphatic carbocycles. The Hall–Kier alpha value is -3.34. The number of anilines is 1. The molecule has 2 heterocycles. The molecule has 0 aliphatic rings. The molecule has 0 bridgehead atoms. The molecule has 0 amide bonds. The van der Waals surface area contributed by atoms with Crippen LogP contribution in [0.1, 0.15) is 91.9 Å². The van der Waals surface area contributed by atoms with Crippen LogP contribution in [-0.2, 0) is 10.0 Å². The van der Waals surface area contributed by atoms with Gasteiger partial charge in [0.05, 0.1) is 27.1 Å². The summed E-state index contributed by atoms with van der Waals surface area (Å²) in [6.07, 6.45) is 11.5. The second-order valence-electron chi connectivity index (χ2n) is 12.2. The molecular weight excluding hydrogens is 578 g/mol. The van der Waals surface area contributed by atoms with Crippen LogP contribution in [0.25, 0.3) is 17.2 Å². The molecule has 10 nitrogen and oxygen atoms in total. The van der Waals surface area contributed by atoms with Crippen molar-refractivity contribution in [1.29, 1.82) is 0 Å². The molecular formula is C33H51N5O5S. The van der Waals surface area contributed by atoms with Gasteiger partial charge in [0.2, 0.25) is 21.9 Å². The van der Waals surface area contributed by atoms with Crippen molar-refractivity contribution >= 4 is 16.0 Å². The van der Waals surface area contributed by atoms with Gasteiger partial charge in [0, 0.05) is 12.6 Å². The van der Waals surface area contributed by atoms with E-state index in [1.54, 1.807) is 62.1 Å². The predicted octanol–water partition coefficient (Wildman–Crippen LogP) is 7.46. The first-order valence-corrected chi connectivity index (χ1v) is 17.4. The van der Waals surface area contributed by atoms with Gasteiger partial charge in [0.15, 0.2) is 5.82 Å². The van der Waals surface area contributed by atoms with Crippen LogP contribution in [0.4, 0.5) is 5.95 Å². The maximum absolute atomic E-state index is 13.5. The summed E-state index contributed by atoms with van der Waals surface area (Å²) in [4.78, 5) is 4.56. The number of unbranched alkanes of at least 4 members (excludes halogenated alkanes) is 8. The summed E-state index contributed by atoms with van der Waals surface area (Å²) in [5.74, 6) is 1.76. The highest BCUT2D eigenvalue weighted by atomic mass is 32.2. The molecule has 0 radical (unpaired) electrons. The van der Waals surface area contributed by atoms with E-state index in [-0.39, 0.29) is 18.2 Å². The summed E-state index contributed by atoms with van der Waals surface area (Å²) in [5, 5.41) is 8.88. The number of rotatable bonds is 19. The summed E-state index contributed by atoms with van der Waals surface area (Å²) >= 11 is 0. The van der Waals surface area contributed by atoms with Crippen molar-refractivity contribution in [2.45, 2.75) is 91.9 Å². The van der Waals surface area contributed by atoms with Crippen molar-refractivity contribution in [3.05, 3.63) is 36.4 Å². The minimum Gasteiger partial charge on any atom is -0.494 e. The third kappa shape index (κ3) is 9.58. The average Bonchev–Trinajstić information content (AvgIpc) is 3.44. The van der Waals surface area contributed by atoms with Crippen LogP contribution in [-0.4, -0.2) is 61.8 Å². The van der Waals surface area contributed by atoms with Crippen molar-refractivity contribution in [2.24, 2.45) is 5.41 Å². The van der Waals surface area contributed by atoms with Crippen LogP contribution >= 0.6 is 0 Å². The maximum Gasteiger partial charge on any atom is 0.246 e. The van der Waals surface area contributed by atoms with E-state index >= 15 is 0 Å². The largest absolute Gasteiger partial charge is 0.494 e. The third-order valence-corrected chi connectivity index (χ3v) is 9.39. The van der Waals surface area contributed by atoms with Crippen molar-refractivity contribution < 1.29 is 22.6 Å². The number of sulfonamides is 1. The molecule has 0 aliphatic heterocycles. The quantitative estimate of drug-likeness (QED) is 0.126. The summed E-state index contributed by atoms with van der Waals surface area (Å²) in [7, 11) is 0.942. The van der Waals surface area contributed by atoms with Crippen LogP contribution in [0.2, 0.25) is 0 Å². The van der Waals surface area contributed by atoms with Gasteiger partial charge in [-0.05, 0) is 43.4 Å². The molecule has 44 heavy (non-hydrogen) atoms. The Bertz CT molecular complexity index is 1400. The highest BCUT2D eigenvalue weighted by Crippen LogP contribution is 2.39. The van der Waals surface area contributed by atoms with Crippen LogP contribution < -0.4 is 18.5 Å². The van der Waals surface area contributed by atoms with E-state index in [2.05, 4.69) is 36.0 Å². The Labute approximate surface area is 264 Å². The van der Waals surface area contributed by atoms with Crippen LogP contribution in [0.5, 0.6) is 17.4 Å². The van der Waals surface area contributed by atoms with Gasteiger partial charge >= 0.3 is 0 Å². The van der Waals surface area contributed by atoms with Crippen LogP contribution in [0, 0.1) is 5.41 Å². The topological polar surface area (TPSA) is 109 Å². The Balaban J connectivity index is 1.83. The van der Waals surface area contributed by atoms with E-state index in [0.29, 0.717) is 46.4 Å². The monoisotopic (exact) mass is 629 g/mol. The van der Waals surface area contributed by atoms with Gasteiger partial charge in [-0.3, -0.25) is 4.57 Å². The molecule has 0 atom stereocenters. The fraction of sp³-hybridized carbons (Fsp3) is 0.606. The van der Waals surface area contributed by atoms with Gasteiger partial charge in [-0.1, -0.05) is 84.3 Å². The molecule has 244 valence electrons. The highest BCUT2D eigenvalue weighted by molar-refractivity contribution is 7.92. The number of aromatic nitrogens is 4. The second-order valence-corrected chi connectivity index (χ2v) is 14.4. The second kappa shape index (κ2) is 16.7. The van der Waals surface area contributed by atoms with E-state index in [9.17, 15) is 8.42 Å². The number of pyridine rings is 1. The number of para-hydroxylation sites is 1. The molecule has 2 aromatic heterocycles. The Kier molecular flexibility index (Phi) is 13.3. The summed E-state index contributed by atoms with van der Waals surface area (Å²) in [6.45, 7) is 8.82. The van der Waals surface area contributed by atoms with Crippen LogP contribution in [0.15, 0.2) is 36.4 Å². The zero-order valence-corrected chi connectivity index (χ0v) is 28.5. The summed E-state index contributed by atoms with van der Waals surface area (Å²) < 4.78 is 46.9. The van der Waals surface area contributed by atoms with E-state index in [1.165, 1.54) is 49.9 Å². The van der Waals surface area contributed by atoms with Gasteiger partial charge in [-0.15, -0.1) is 10.2 Å². The number of methoxy groups -OCH3 is 3. The molecule has 1 aromatic carbocycles. The third-order valence-electron chi connectivity index (χ3n) is 7.64. The SMILES string of the molecule is CCS(=O)(=O)N(CCCCCCCCCCCC(C)(C)C)c1nnc(-c2cccc(OC)n2)n1-c1c(OC)cccc1OC. The van der Waals surface area contributed by atoms with Gasteiger partial charge in [-0.25, -0.2) is 17.7 Å². The Morgan fingerprint density at radius 2 is 1.34 bits per heavy atom. The molecule has 0 unspecified atom stereocenters. The fourth-order valence-electron chi connectivity index (χ4n) is 5.18. The van der Waals surface area contributed by atoms with Crippen molar-refractivity contribution in [3.63, 3.8) is 0 Å². The Morgan fingerprint density at radius 3 is 1.89 bits per heavy atom. The molecule has 0 spiro atoms. The lowest BCUT2D eigenvalue weighted by atomic mass is 9.89. The molecule has 3 rings (SSSR count). The van der Waals surface area contributed by atoms with Crippen molar-refractivity contribution in [3.8, 4) is 34.6 Å². The zero-order valence-electron chi connectivity index (χ0n) is 27.6. The molecule has 0 fully saturated rings. The lowest BCUT2D eigenvalue weighted by Gasteiger charge is -2.25. The normalized spacial score (nSPS) is 11.9. The number of ether oxygens (including phenoxy) is 3. The van der Waals surface area contributed by atoms with E-state index in [4.69, 9.17) is 14.2 Å².